The second-order valence-electron chi connectivity index (χ2n) is 7.21. The van der Waals surface area contributed by atoms with E-state index in [1.54, 1.807) is 27.0 Å². The Morgan fingerprint density at radius 3 is 2.65 bits per heavy atom. The van der Waals surface area contributed by atoms with E-state index in [9.17, 15) is 9.90 Å². The first-order valence-corrected chi connectivity index (χ1v) is 8.74. The monoisotopic (exact) mass is 352 g/mol. The van der Waals surface area contributed by atoms with Gasteiger partial charge in [0.2, 0.25) is 5.88 Å². The topological polar surface area (TPSA) is 75.2 Å². The smallest absolute Gasteiger partial charge is 0.213 e. The van der Waals surface area contributed by atoms with Gasteiger partial charge in [-0.3, -0.25) is 4.79 Å². The minimum atomic E-state index is -0.686. The third-order valence-corrected chi connectivity index (χ3v) is 4.44. The van der Waals surface area contributed by atoms with Crippen LogP contribution in [0.25, 0.3) is 10.9 Å². The number of ether oxygens (including phenoxy) is 1. The Labute approximate surface area is 152 Å². The van der Waals surface area contributed by atoms with E-state index in [2.05, 4.69) is 9.97 Å². The van der Waals surface area contributed by atoms with E-state index in [4.69, 9.17) is 4.74 Å². The van der Waals surface area contributed by atoms with E-state index >= 15 is 0 Å². The number of aryl methyl sites for hydroxylation is 1. The maximum Gasteiger partial charge on any atom is 0.213 e. The van der Waals surface area contributed by atoms with Gasteiger partial charge in [0.1, 0.15) is 6.61 Å². The maximum atomic E-state index is 12.4. The van der Waals surface area contributed by atoms with Crippen LogP contribution in [0.1, 0.15) is 37.1 Å². The summed E-state index contributed by atoms with van der Waals surface area (Å²) in [6.07, 6.45) is 3.19. The number of aromatic amines is 1. The number of hydrogen-bond donors (Lipinski definition) is 2. The van der Waals surface area contributed by atoms with Crippen LogP contribution in [0.3, 0.4) is 0 Å². The molecule has 0 unspecified atom stereocenters. The van der Waals surface area contributed by atoms with Crippen LogP contribution in [0, 0.1) is 6.92 Å². The zero-order chi connectivity index (χ0) is 18.7. The van der Waals surface area contributed by atoms with Crippen LogP contribution in [-0.2, 0) is 13.0 Å². The summed E-state index contributed by atoms with van der Waals surface area (Å²) in [6, 6.07) is 11.2. The molecule has 3 rings (SSSR count). The van der Waals surface area contributed by atoms with E-state index < -0.39 is 5.60 Å². The van der Waals surface area contributed by atoms with Gasteiger partial charge in [-0.05, 0) is 51.3 Å². The number of para-hydroxylation sites is 1. The van der Waals surface area contributed by atoms with Crippen LogP contribution in [0.4, 0.5) is 0 Å². The van der Waals surface area contributed by atoms with Crippen LogP contribution in [0.2, 0.25) is 0 Å². The van der Waals surface area contributed by atoms with E-state index in [1.807, 2.05) is 36.4 Å². The van der Waals surface area contributed by atoms with Crippen LogP contribution >= 0.6 is 0 Å². The van der Waals surface area contributed by atoms with Crippen molar-refractivity contribution < 1.29 is 9.84 Å². The Morgan fingerprint density at radius 2 is 1.96 bits per heavy atom. The average Bonchev–Trinajstić information content (AvgIpc) is 2.62. The van der Waals surface area contributed by atoms with Gasteiger partial charge in [-0.25, -0.2) is 4.98 Å². The summed E-state index contributed by atoms with van der Waals surface area (Å²) in [5.74, 6) is 0.505. The molecule has 136 valence electrons. The van der Waals surface area contributed by atoms with Crippen molar-refractivity contribution >= 4 is 10.9 Å². The highest BCUT2D eigenvalue weighted by atomic mass is 16.5. The van der Waals surface area contributed by atoms with Crippen molar-refractivity contribution in [2.75, 3.05) is 0 Å². The molecule has 0 fully saturated rings. The minimum absolute atomic E-state index is 0.0212. The SMILES string of the molecule is Cc1c(COc2ccc(CCC(C)(C)O)cn2)[nH]c2ccccc2c1=O. The standard InChI is InChI=1S/C21H24N2O3/c1-14-18(23-17-7-5-4-6-16(17)20(14)24)13-26-19-9-8-15(12-22-19)10-11-21(2,3)25/h4-9,12,25H,10-11,13H2,1-3H3,(H,23,24). The van der Waals surface area contributed by atoms with Gasteiger partial charge < -0.3 is 14.8 Å². The van der Waals surface area contributed by atoms with Crippen molar-refractivity contribution in [1.29, 1.82) is 0 Å². The molecule has 1 aromatic carbocycles. The van der Waals surface area contributed by atoms with Gasteiger partial charge in [-0.2, -0.15) is 0 Å². The zero-order valence-electron chi connectivity index (χ0n) is 15.4. The highest BCUT2D eigenvalue weighted by molar-refractivity contribution is 5.79. The third kappa shape index (κ3) is 4.29. The highest BCUT2D eigenvalue weighted by Crippen LogP contribution is 2.16. The number of H-pyrrole nitrogens is 1. The predicted molar refractivity (Wildman–Crippen MR) is 102 cm³/mol. The summed E-state index contributed by atoms with van der Waals surface area (Å²) < 4.78 is 5.75. The van der Waals surface area contributed by atoms with Crippen molar-refractivity contribution in [2.45, 2.75) is 45.8 Å². The number of benzene rings is 1. The molecule has 26 heavy (non-hydrogen) atoms. The lowest BCUT2D eigenvalue weighted by Gasteiger charge is -2.16. The molecule has 0 aliphatic rings. The molecule has 0 aliphatic carbocycles. The predicted octanol–water partition coefficient (Wildman–Crippen LogP) is 3.51. The summed E-state index contributed by atoms with van der Waals surface area (Å²) in [5.41, 5.74) is 2.60. The van der Waals surface area contributed by atoms with Gasteiger partial charge in [-0.1, -0.05) is 18.2 Å². The molecular formula is C21H24N2O3. The number of nitrogens with one attached hydrogen (secondary N) is 1. The minimum Gasteiger partial charge on any atom is -0.471 e. The first kappa shape index (κ1) is 18.1. The van der Waals surface area contributed by atoms with Gasteiger partial charge >= 0.3 is 0 Å². The van der Waals surface area contributed by atoms with Gasteiger partial charge in [-0.15, -0.1) is 0 Å². The Balaban J connectivity index is 1.70. The van der Waals surface area contributed by atoms with Crippen LogP contribution in [-0.4, -0.2) is 20.7 Å². The maximum absolute atomic E-state index is 12.4. The zero-order valence-corrected chi connectivity index (χ0v) is 15.4. The molecule has 0 aliphatic heterocycles. The van der Waals surface area contributed by atoms with Crippen molar-refractivity contribution in [3.63, 3.8) is 0 Å². The van der Waals surface area contributed by atoms with Crippen LogP contribution in [0.15, 0.2) is 47.4 Å². The molecule has 0 spiro atoms. The summed E-state index contributed by atoms with van der Waals surface area (Å²) in [5, 5.41) is 10.5. The normalized spacial score (nSPS) is 11.7. The number of aliphatic hydroxyl groups is 1. The Bertz CT molecular complexity index is 954. The largest absolute Gasteiger partial charge is 0.471 e. The molecule has 2 aromatic heterocycles. The highest BCUT2D eigenvalue weighted by Gasteiger charge is 2.12. The fourth-order valence-corrected chi connectivity index (χ4v) is 2.77. The Kier molecular flexibility index (Phi) is 5.09. The number of hydrogen-bond acceptors (Lipinski definition) is 4. The first-order valence-electron chi connectivity index (χ1n) is 8.74. The Morgan fingerprint density at radius 1 is 1.19 bits per heavy atom. The quantitative estimate of drug-likeness (QED) is 0.712. The van der Waals surface area contributed by atoms with Gasteiger partial charge in [0.25, 0.3) is 0 Å². The second kappa shape index (κ2) is 7.30. The second-order valence-corrected chi connectivity index (χ2v) is 7.21. The van der Waals surface area contributed by atoms with Crippen molar-refractivity contribution in [3.05, 3.63) is 69.6 Å². The van der Waals surface area contributed by atoms with Gasteiger partial charge in [0.15, 0.2) is 5.43 Å². The van der Waals surface area contributed by atoms with E-state index in [-0.39, 0.29) is 12.0 Å². The lowest BCUT2D eigenvalue weighted by atomic mass is 10.00. The molecule has 5 heteroatoms. The van der Waals surface area contributed by atoms with Crippen molar-refractivity contribution in [2.24, 2.45) is 0 Å². The molecule has 0 bridgehead atoms. The van der Waals surface area contributed by atoms with Gasteiger partial charge in [0, 0.05) is 28.7 Å². The number of aromatic nitrogens is 2. The molecule has 0 radical (unpaired) electrons. The average molecular weight is 352 g/mol. The lowest BCUT2D eigenvalue weighted by molar-refractivity contribution is 0.0714. The summed E-state index contributed by atoms with van der Waals surface area (Å²) >= 11 is 0. The molecule has 3 aromatic rings. The lowest BCUT2D eigenvalue weighted by Crippen LogP contribution is -2.19. The fourth-order valence-electron chi connectivity index (χ4n) is 2.77. The van der Waals surface area contributed by atoms with Crippen molar-refractivity contribution in [3.8, 4) is 5.88 Å². The molecule has 2 N–H and O–H groups in total. The summed E-state index contributed by atoms with van der Waals surface area (Å²) in [7, 11) is 0. The molecular weight excluding hydrogens is 328 g/mol. The molecule has 0 amide bonds. The first-order chi connectivity index (χ1) is 12.3. The summed E-state index contributed by atoms with van der Waals surface area (Å²) in [4.78, 5) is 20.0. The van der Waals surface area contributed by atoms with Crippen molar-refractivity contribution in [1.82, 2.24) is 9.97 Å². The third-order valence-electron chi connectivity index (χ3n) is 4.44. The number of pyridine rings is 2. The summed E-state index contributed by atoms with van der Waals surface area (Å²) in [6.45, 7) is 5.65. The number of rotatable bonds is 6. The van der Waals surface area contributed by atoms with Crippen LogP contribution in [0.5, 0.6) is 5.88 Å². The number of nitrogens with zero attached hydrogens (tertiary/aromatic N) is 1. The molecule has 5 nitrogen and oxygen atoms in total. The van der Waals surface area contributed by atoms with Crippen LogP contribution < -0.4 is 10.2 Å². The fraction of sp³-hybridized carbons (Fsp3) is 0.333. The van der Waals surface area contributed by atoms with E-state index in [0.717, 1.165) is 23.2 Å². The van der Waals surface area contributed by atoms with Gasteiger partial charge in [0.05, 0.1) is 11.3 Å². The molecule has 2 heterocycles. The molecule has 0 atom stereocenters. The van der Waals surface area contributed by atoms with E-state index in [1.165, 1.54) is 0 Å². The number of fused-ring (bicyclic) bond motifs is 1. The molecule has 0 saturated carbocycles. The molecule has 0 saturated heterocycles. The Hall–Kier alpha value is -2.66. The van der Waals surface area contributed by atoms with E-state index in [0.29, 0.717) is 23.3 Å².